The minimum Gasteiger partial charge on any atom is -0.497 e. The van der Waals surface area contributed by atoms with Crippen LogP contribution >= 0.6 is 0 Å². The van der Waals surface area contributed by atoms with Gasteiger partial charge >= 0.3 is 0 Å². The quantitative estimate of drug-likeness (QED) is 0.548. The number of aryl methyl sites for hydroxylation is 1. The second-order valence-corrected chi connectivity index (χ2v) is 9.58. The number of carbonyl (C=O) groups excluding carboxylic acids is 1. The number of ether oxygens (including phenoxy) is 1. The van der Waals surface area contributed by atoms with E-state index >= 15 is 0 Å². The van der Waals surface area contributed by atoms with Gasteiger partial charge in [0.1, 0.15) is 11.6 Å². The zero-order chi connectivity index (χ0) is 23.8. The summed E-state index contributed by atoms with van der Waals surface area (Å²) < 4.78 is 7.07. The minimum atomic E-state index is 0.00806. The maximum absolute atomic E-state index is 13.3. The normalized spacial score (nSPS) is 17.7. The van der Waals surface area contributed by atoms with Crippen LogP contribution in [0, 0.1) is 25.7 Å². The Labute approximate surface area is 200 Å². The van der Waals surface area contributed by atoms with E-state index in [0.717, 1.165) is 60.5 Å². The summed E-state index contributed by atoms with van der Waals surface area (Å²) in [4.78, 5) is 32.6. The van der Waals surface area contributed by atoms with E-state index in [4.69, 9.17) is 9.72 Å². The summed E-state index contributed by atoms with van der Waals surface area (Å²) in [6, 6.07) is 16.2. The van der Waals surface area contributed by atoms with Gasteiger partial charge in [-0.05, 0) is 62.3 Å². The predicted octanol–water partition coefficient (Wildman–Crippen LogP) is 4.46. The van der Waals surface area contributed by atoms with E-state index in [1.165, 1.54) is 0 Å². The third-order valence-corrected chi connectivity index (χ3v) is 7.17. The van der Waals surface area contributed by atoms with E-state index in [9.17, 15) is 9.59 Å². The van der Waals surface area contributed by atoms with Crippen molar-refractivity contribution in [1.82, 2.24) is 14.5 Å². The number of amides is 1. The van der Waals surface area contributed by atoms with Crippen molar-refractivity contribution in [3.05, 3.63) is 70.1 Å². The lowest BCUT2D eigenvalue weighted by Gasteiger charge is -2.19. The molecule has 1 aliphatic heterocycles. The van der Waals surface area contributed by atoms with Crippen LogP contribution < -0.4 is 10.3 Å². The lowest BCUT2D eigenvalue weighted by atomic mass is 10.0. The summed E-state index contributed by atoms with van der Waals surface area (Å²) in [5, 5.41) is 0. The molecule has 6 heteroatoms. The molecule has 2 heterocycles. The van der Waals surface area contributed by atoms with Gasteiger partial charge in [0.15, 0.2) is 0 Å². The van der Waals surface area contributed by atoms with E-state index in [1.54, 1.807) is 7.11 Å². The number of nitrogens with zero attached hydrogens (tertiary/aromatic N) is 3. The molecule has 1 aromatic heterocycles. The number of benzene rings is 2. The molecule has 6 nitrogen and oxygen atoms in total. The van der Waals surface area contributed by atoms with Crippen LogP contribution in [0.1, 0.15) is 30.5 Å². The lowest BCUT2D eigenvalue weighted by Crippen LogP contribution is -2.32. The highest BCUT2D eigenvalue weighted by Gasteiger charge is 2.36. The van der Waals surface area contributed by atoms with Crippen LogP contribution in [0.4, 0.5) is 0 Å². The number of likely N-dealkylation sites (tertiary alicyclic amines) is 1. The van der Waals surface area contributed by atoms with Crippen LogP contribution in [0.25, 0.3) is 22.5 Å². The van der Waals surface area contributed by atoms with Gasteiger partial charge in [-0.3, -0.25) is 14.2 Å². The van der Waals surface area contributed by atoms with Crippen LogP contribution in [-0.2, 0) is 11.3 Å². The molecule has 1 aliphatic carbocycles. The Morgan fingerprint density at radius 1 is 0.971 bits per heavy atom. The summed E-state index contributed by atoms with van der Waals surface area (Å²) in [5.74, 6) is 2.32. The Bertz CT molecular complexity index is 1260. The van der Waals surface area contributed by atoms with Gasteiger partial charge in [-0.2, -0.15) is 0 Å². The largest absolute Gasteiger partial charge is 0.497 e. The third-order valence-electron chi connectivity index (χ3n) is 7.17. The number of rotatable bonds is 6. The van der Waals surface area contributed by atoms with E-state index in [1.807, 2.05) is 59.7 Å². The molecule has 2 aliphatic rings. The van der Waals surface area contributed by atoms with Crippen LogP contribution in [-0.4, -0.2) is 40.6 Å². The minimum absolute atomic E-state index is 0.00806. The molecule has 2 aromatic carbocycles. The van der Waals surface area contributed by atoms with Crippen LogP contribution in [0.5, 0.6) is 5.75 Å². The zero-order valence-electron chi connectivity index (χ0n) is 20.1. The fourth-order valence-electron chi connectivity index (χ4n) is 4.77. The van der Waals surface area contributed by atoms with Crippen molar-refractivity contribution >= 4 is 5.91 Å². The standard InChI is InChI=1S/C28H31N3O3/c1-18-19(2)29-26(23-6-4-21(5-7-23)22-10-12-25(34-3)13-11-22)31(27(18)32)17-20-14-15-30(16-20)28(33)24-8-9-24/h4-7,10-13,20,24H,8-9,14-17H2,1-3H3. The van der Waals surface area contributed by atoms with Crippen molar-refractivity contribution in [2.45, 2.75) is 39.7 Å². The molecule has 34 heavy (non-hydrogen) atoms. The summed E-state index contributed by atoms with van der Waals surface area (Å²) in [6.45, 7) is 5.83. The Hall–Kier alpha value is -3.41. The van der Waals surface area contributed by atoms with E-state index in [0.29, 0.717) is 23.8 Å². The Morgan fingerprint density at radius 3 is 2.21 bits per heavy atom. The molecule has 0 spiro atoms. The van der Waals surface area contributed by atoms with Crippen molar-refractivity contribution in [2.75, 3.05) is 20.2 Å². The second kappa shape index (κ2) is 9.09. The Morgan fingerprint density at radius 2 is 1.59 bits per heavy atom. The van der Waals surface area contributed by atoms with Crippen molar-refractivity contribution in [1.29, 1.82) is 0 Å². The summed E-state index contributed by atoms with van der Waals surface area (Å²) >= 11 is 0. The molecule has 0 bridgehead atoms. The molecule has 5 rings (SSSR count). The van der Waals surface area contributed by atoms with Gasteiger partial charge in [0.05, 0.1) is 7.11 Å². The summed E-state index contributed by atoms with van der Waals surface area (Å²) in [7, 11) is 1.66. The molecular formula is C28H31N3O3. The second-order valence-electron chi connectivity index (χ2n) is 9.58. The van der Waals surface area contributed by atoms with Crippen LogP contribution in [0.15, 0.2) is 53.3 Å². The maximum Gasteiger partial charge on any atom is 0.256 e. The van der Waals surface area contributed by atoms with Gasteiger partial charge in [-0.15, -0.1) is 0 Å². The van der Waals surface area contributed by atoms with Gasteiger partial charge in [0.2, 0.25) is 5.91 Å². The highest BCUT2D eigenvalue weighted by molar-refractivity contribution is 5.81. The lowest BCUT2D eigenvalue weighted by molar-refractivity contribution is -0.131. The average molecular weight is 458 g/mol. The van der Waals surface area contributed by atoms with Gasteiger partial charge in [-0.25, -0.2) is 4.98 Å². The maximum atomic E-state index is 13.3. The smallest absolute Gasteiger partial charge is 0.256 e. The Balaban J connectivity index is 1.42. The number of hydrogen-bond acceptors (Lipinski definition) is 4. The molecule has 1 unspecified atom stereocenters. The fraction of sp³-hybridized carbons (Fsp3) is 0.393. The molecule has 0 N–H and O–H groups in total. The first-order chi connectivity index (χ1) is 16.4. The number of methoxy groups -OCH3 is 1. The molecule has 2 fully saturated rings. The molecule has 1 amide bonds. The molecule has 3 aromatic rings. The van der Waals surface area contributed by atoms with Crippen LogP contribution in [0.2, 0.25) is 0 Å². The van der Waals surface area contributed by atoms with Crippen molar-refractivity contribution in [2.24, 2.45) is 11.8 Å². The van der Waals surface area contributed by atoms with Crippen molar-refractivity contribution in [3.8, 4) is 28.3 Å². The highest BCUT2D eigenvalue weighted by atomic mass is 16.5. The number of aromatic nitrogens is 2. The van der Waals surface area contributed by atoms with Gasteiger partial charge < -0.3 is 9.64 Å². The Kier molecular flexibility index (Phi) is 5.98. The molecule has 0 radical (unpaired) electrons. The topological polar surface area (TPSA) is 64.4 Å². The number of hydrogen-bond donors (Lipinski definition) is 0. The van der Waals surface area contributed by atoms with E-state index in [-0.39, 0.29) is 17.4 Å². The van der Waals surface area contributed by atoms with Gasteiger partial charge in [-0.1, -0.05) is 36.4 Å². The third kappa shape index (κ3) is 4.37. The molecule has 1 saturated heterocycles. The number of carbonyl (C=O) groups is 1. The zero-order valence-corrected chi connectivity index (χ0v) is 20.1. The highest BCUT2D eigenvalue weighted by Crippen LogP contribution is 2.33. The monoisotopic (exact) mass is 457 g/mol. The first kappa shape index (κ1) is 22.4. The van der Waals surface area contributed by atoms with Crippen molar-refractivity contribution in [3.63, 3.8) is 0 Å². The molecule has 176 valence electrons. The van der Waals surface area contributed by atoms with Crippen LogP contribution in [0.3, 0.4) is 0 Å². The molecule has 1 saturated carbocycles. The first-order valence-electron chi connectivity index (χ1n) is 12.1. The fourth-order valence-corrected chi connectivity index (χ4v) is 4.77. The SMILES string of the molecule is COc1ccc(-c2ccc(-c3nc(C)c(C)c(=O)n3CC3CCN(C(=O)C4CC4)C3)cc2)cc1. The summed E-state index contributed by atoms with van der Waals surface area (Å²) in [6.07, 6.45) is 2.97. The summed E-state index contributed by atoms with van der Waals surface area (Å²) in [5.41, 5.74) is 4.56. The predicted molar refractivity (Wildman–Crippen MR) is 133 cm³/mol. The van der Waals surface area contributed by atoms with Crippen molar-refractivity contribution < 1.29 is 9.53 Å². The van der Waals surface area contributed by atoms with E-state index < -0.39 is 0 Å². The molecular weight excluding hydrogens is 426 g/mol. The van der Waals surface area contributed by atoms with Gasteiger partial charge in [0.25, 0.3) is 5.56 Å². The first-order valence-corrected chi connectivity index (χ1v) is 12.1. The van der Waals surface area contributed by atoms with Gasteiger partial charge in [0, 0.05) is 42.4 Å². The van der Waals surface area contributed by atoms with E-state index in [2.05, 4.69) is 12.1 Å². The average Bonchev–Trinajstić information content (AvgIpc) is 3.62. The molecule has 1 atom stereocenters.